The number of anilines is 1. The van der Waals surface area contributed by atoms with E-state index in [0.29, 0.717) is 6.10 Å². The lowest BCUT2D eigenvalue weighted by Gasteiger charge is -2.27. The molecule has 3 nitrogen and oxygen atoms in total. The normalized spacial score (nSPS) is 19.6. The van der Waals surface area contributed by atoms with Crippen LogP contribution < -0.4 is 5.32 Å². The topological polar surface area (TPSA) is 24.5 Å². The van der Waals surface area contributed by atoms with Gasteiger partial charge in [-0.15, -0.1) is 0 Å². The Balaban J connectivity index is 1.63. The predicted octanol–water partition coefficient (Wildman–Crippen LogP) is 3.36. The third kappa shape index (κ3) is 5.51. The van der Waals surface area contributed by atoms with Gasteiger partial charge in [0.25, 0.3) is 0 Å². The highest BCUT2D eigenvalue weighted by Crippen LogP contribution is 2.14. The van der Waals surface area contributed by atoms with E-state index in [9.17, 15) is 0 Å². The zero-order valence-corrected chi connectivity index (χ0v) is 13.2. The Morgan fingerprint density at radius 1 is 1.32 bits per heavy atom. The first-order chi connectivity index (χ1) is 9.24. The van der Waals surface area contributed by atoms with E-state index in [2.05, 4.69) is 57.5 Å². The van der Waals surface area contributed by atoms with Crippen molar-refractivity contribution >= 4 is 21.6 Å². The van der Waals surface area contributed by atoms with Gasteiger partial charge in [0.2, 0.25) is 0 Å². The number of nitrogens with zero attached hydrogens (tertiary/aromatic N) is 1. The molecule has 1 N–H and O–H groups in total. The molecule has 1 atom stereocenters. The van der Waals surface area contributed by atoms with Gasteiger partial charge in [-0.05, 0) is 50.6 Å². The maximum Gasteiger partial charge on any atom is 0.0701 e. The molecule has 2 rings (SSSR count). The van der Waals surface area contributed by atoms with Gasteiger partial charge in [0, 0.05) is 36.4 Å². The maximum absolute atomic E-state index is 5.76. The van der Waals surface area contributed by atoms with Gasteiger partial charge in [-0.2, -0.15) is 0 Å². The number of rotatable bonds is 6. The highest BCUT2D eigenvalue weighted by atomic mass is 79.9. The fourth-order valence-electron chi connectivity index (χ4n) is 2.35. The first-order valence-corrected chi connectivity index (χ1v) is 7.83. The summed E-state index contributed by atoms with van der Waals surface area (Å²) in [4.78, 5) is 2.35. The maximum atomic E-state index is 5.76. The molecule has 0 saturated carbocycles. The van der Waals surface area contributed by atoms with Crippen molar-refractivity contribution in [1.82, 2.24) is 4.90 Å². The van der Waals surface area contributed by atoms with Crippen LogP contribution in [0.25, 0.3) is 0 Å². The molecular formula is C15H23BrN2O. The summed E-state index contributed by atoms with van der Waals surface area (Å²) in [5.74, 6) is 0. The molecule has 0 amide bonds. The summed E-state index contributed by atoms with van der Waals surface area (Å²) in [6.45, 7) is 3.98. The summed E-state index contributed by atoms with van der Waals surface area (Å²) in [5, 5.41) is 3.44. The highest BCUT2D eigenvalue weighted by Gasteiger charge is 2.15. The lowest BCUT2D eigenvalue weighted by atomic mass is 10.1. The van der Waals surface area contributed by atoms with Crippen molar-refractivity contribution in [2.24, 2.45) is 0 Å². The Hall–Kier alpha value is -0.580. The fraction of sp³-hybridized carbons (Fsp3) is 0.600. The lowest BCUT2D eigenvalue weighted by molar-refractivity contribution is -0.000835. The molecule has 1 unspecified atom stereocenters. The Morgan fingerprint density at radius 2 is 2.11 bits per heavy atom. The molecular weight excluding hydrogens is 304 g/mol. The van der Waals surface area contributed by atoms with E-state index in [1.54, 1.807) is 0 Å². The molecule has 1 aliphatic heterocycles. The van der Waals surface area contributed by atoms with Crippen molar-refractivity contribution in [3.63, 3.8) is 0 Å². The van der Waals surface area contributed by atoms with Crippen LogP contribution in [-0.2, 0) is 4.74 Å². The minimum Gasteiger partial charge on any atom is -0.384 e. The smallest absolute Gasteiger partial charge is 0.0701 e. The van der Waals surface area contributed by atoms with E-state index < -0.39 is 0 Å². The monoisotopic (exact) mass is 326 g/mol. The molecule has 19 heavy (non-hydrogen) atoms. The summed E-state index contributed by atoms with van der Waals surface area (Å²) in [5.41, 5.74) is 1.17. The van der Waals surface area contributed by atoms with E-state index in [0.717, 1.165) is 30.7 Å². The minimum atomic E-state index is 0.437. The number of ether oxygens (including phenoxy) is 1. The van der Waals surface area contributed by atoms with Crippen molar-refractivity contribution in [3.8, 4) is 0 Å². The molecule has 0 bridgehead atoms. The third-order valence-corrected chi connectivity index (χ3v) is 3.98. The fourth-order valence-corrected chi connectivity index (χ4v) is 2.61. The lowest BCUT2D eigenvalue weighted by Crippen LogP contribution is -2.35. The number of hydrogen-bond acceptors (Lipinski definition) is 3. The standard InChI is InChI=1S/C15H23BrN2O/c1-18(12-15-4-2-3-11-19-15)10-9-17-14-7-5-13(16)6-8-14/h5-8,15,17H,2-4,9-12H2,1H3. The Bertz CT molecular complexity index is 363. The molecule has 0 aliphatic carbocycles. The van der Waals surface area contributed by atoms with Crippen LogP contribution in [0.1, 0.15) is 19.3 Å². The summed E-state index contributed by atoms with van der Waals surface area (Å²) in [6, 6.07) is 8.30. The van der Waals surface area contributed by atoms with E-state index >= 15 is 0 Å². The number of benzene rings is 1. The van der Waals surface area contributed by atoms with Gasteiger partial charge in [0.05, 0.1) is 6.10 Å². The molecule has 1 saturated heterocycles. The second-order valence-corrected chi connectivity index (χ2v) is 6.10. The van der Waals surface area contributed by atoms with Gasteiger partial charge in [-0.1, -0.05) is 15.9 Å². The van der Waals surface area contributed by atoms with Crippen molar-refractivity contribution < 1.29 is 4.74 Å². The molecule has 0 spiro atoms. The van der Waals surface area contributed by atoms with Gasteiger partial charge in [-0.25, -0.2) is 0 Å². The second-order valence-electron chi connectivity index (χ2n) is 5.18. The summed E-state index contributed by atoms with van der Waals surface area (Å²) >= 11 is 3.44. The first kappa shape index (κ1) is 14.8. The van der Waals surface area contributed by atoms with Crippen molar-refractivity contribution in [1.29, 1.82) is 0 Å². The van der Waals surface area contributed by atoms with Crippen molar-refractivity contribution in [3.05, 3.63) is 28.7 Å². The number of nitrogens with one attached hydrogen (secondary N) is 1. The molecule has 4 heteroatoms. The number of hydrogen-bond donors (Lipinski definition) is 1. The largest absolute Gasteiger partial charge is 0.384 e. The van der Waals surface area contributed by atoms with Crippen LogP contribution in [0, 0.1) is 0 Å². The molecule has 1 aromatic rings. The predicted molar refractivity (Wildman–Crippen MR) is 83.7 cm³/mol. The average Bonchev–Trinajstić information content (AvgIpc) is 2.42. The van der Waals surface area contributed by atoms with Crippen LogP contribution in [-0.4, -0.2) is 44.3 Å². The third-order valence-electron chi connectivity index (χ3n) is 3.46. The quantitative estimate of drug-likeness (QED) is 0.867. The zero-order valence-electron chi connectivity index (χ0n) is 11.6. The van der Waals surface area contributed by atoms with Gasteiger partial charge in [0.15, 0.2) is 0 Å². The van der Waals surface area contributed by atoms with Crippen molar-refractivity contribution in [2.45, 2.75) is 25.4 Å². The van der Waals surface area contributed by atoms with Crippen molar-refractivity contribution in [2.75, 3.05) is 38.6 Å². The number of likely N-dealkylation sites (N-methyl/N-ethyl adjacent to an activating group) is 1. The van der Waals surface area contributed by atoms with E-state index in [4.69, 9.17) is 4.74 Å². The molecule has 1 heterocycles. The second kappa shape index (κ2) is 7.88. The molecule has 106 valence electrons. The first-order valence-electron chi connectivity index (χ1n) is 7.03. The Labute approximate surface area is 124 Å². The molecule has 1 aromatic carbocycles. The van der Waals surface area contributed by atoms with Gasteiger partial charge < -0.3 is 15.0 Å². The summed E-state index contributed by atoms with van der Waals surface area (Å²) in [7, 11) is 2.17. The van der Waals surface area contributed by atoms with Crippen LogP contribution in [0.15, 0.2) is 28.7 Å². The zero-order chi connectivity index (χ0) is 13.5. The Kier molecular flexibility index (Phi) is 6.14. The van der Waals surface area contributed by atoms with Gasteiger partial charge >= 0.3 is 0 Å². The van der Waals surface area contributed by atoms with Gasteiger partial charge in [-0.3, -0.25) is 0 Å². The number of halogens is 1. The minimum absolute atomic E-state index is 0.437. The highest BCUT2D eigenvalue weighted by molar-refractivity contribution is 9.10. The summed E-state index contributed by atoms with van der Waals surface area (Å²) in [6.07, 6.45) is 4.19. The van der Waals surface area contributed by atoms with Gasteiger partial charge in [0.1, 0.15) is 0 Å². The molecule has 0 aromatic heterocycles. The average molecular weight is 327 g/mol. The van der Waals surface area contributed by atoms with Crippen LogP contribution in [0.3, 0.4) is 0 Å². The van der Waals surface area contributed by atoms with E-state index in [1.807, 2.05) is 0 Å². The van der Waals surface area contributed by atoms with E-state index in [1.165, 1.54) is 24.9 Å². The van der Waals surface area contributed by atoms with E-state index in [-0.39, 0.29) is 0 Å². The van der Waals surface area contributed by atoms with Crippen LogP contribution in [0.5, 0.6) is 0 Å². The summed E-state index contributed by atoms with van der Waals surface area (Å²) < 4.78 is 6.87. The Morgan fingerprint density at radius 3 is 2.79 bits per heavy atom. The molecule has 1 fully saturated rings. The van der Waals surface area contributed by atoms with Crippen LogP contribution >= 0.6 is 15.9 Å². The van der Waals surface area contributed by atoms with Crippen LogP contribution in [0.2, 0.25) is 0 Å². The SMILES string of the molecule is CN(CCNc1ccc(Br)cc1)CC1CCCCO1. The van der Waals surface area contributed by atoms with Crippen LogP contribution in [0.4, 0.5) is 5.69 Å². The molecule has 1 aliphatic rings. The molecule has 0 radical (unpaired) electrons.